The highest BCUT2D eigenvalue weighted by Gasteiger charge is 2.31. The van der Waals surface area contributed by atoms with E-state index < -0.39 is 5.97 Å². The Morgan fingerprint density at radius 1 is 1.44 bits per heavy atom. The molecule has 0 bridgehead atoms. The fourth-order valence-corrected chi connectivity index (χ4v) is 2.03. The molecule has 0 spiro atoms. The molecule has 1 rings (SSSR count). The zero-order valence-corrected chi connectivity index (χ0v) is 9.40. The van der Waals surface area contributed by atoms with Crippen LogP contribution < -0.4 is 5.32 Å². The maximum Gasteiger partial charge on any atom is 0.306 e. The third kappa shape index (κ3) is 3.27. The molecule has 0 aromatic rings. The Labute approximate surface area is 95.4 Å². The lowest BCUT2D eigenvalue weighted by molar-refractivity contribution is -0.144. The number of nitrogens with one attached hydrogen (secondary N) is 1. The fourth-order valence-electron chi connectivity index (χ4n) is 2.03. The topological polar surface area (TPSA) is 66.4 Å². The van der Waals surface area contributed by atoms with Crippen molar-refractivity contribution in [3.8, 4) is 12.3 Å². The molecule has 4 nitrogen and oxygen atoms in total. The molecule has 0 aliphatic heterocycles. The first-order valence-electron chi connectivity index (χ1n) is 5.54. The summed E-state index contributed by atoms with van der Waals surface area (Å²) in [4.78, 5) is 22.6. The summed E-state index contributed by atoms with van der Waals surface area (Å²) in [5, 5.41) is 11.6. The largest absolute Gasteiger partial charge is 0.481 e. The first-order valence-corrected chi connectivity index (χ1v) is 5.54. The maximum atomic E-state index is 11.7. The predicted octanol–water partition coefficient (Wildman–Crippen LogP) is 1.02. The molecule has 1 amide bonds. The van der Waals surface area contributed by atoms with E-state index in [1.54, 1.807) is 6.92 Å². The molecule has 0 aromatic carbocycles. The summed E-state index contributed by atoms with van der Waals surface area (Å²) in [6, 6.07) is -0.294. The minimum atomic E-state index is -0.803. The summed E-state index contributed by atoms with van der Waals surface area (Å²) in [7, 11) is 0. The van der Waals surface area contributed by atoms with Gasteiger partial charge in [0, 0.05) is 5.92 Å². The molecule has 0 radical (unpaired) electrons. The van der Waals surface area contributed by atoms with Gasteiger partial charge in [0.15, 0.2) is 0 Å². The highest BCUT2D eigenvalue weighted by molar-refractivity contribution is 5.80. The van der Waals surface area contributed by atoms with Crippen molar-refractivity contribution in [3.05, 3.63) is 0 Å². The SMILES string of the molecule is C#CC(C)NC(=O)C1CCCC(C(=O)O)C1. The lowest BCUT2D eigenvalue weighted by Gasteiger charge is -2.26. The van der Waals surface area contributed by atoms with Crippen LogP contribution in [0, 0.1) is 24.2 Å². The molecule has 0 aromatic heterocycles. The van der Waals surface area contributed by atoms with Crippen molar-refractivity contribution in [3.63, 3.8) is 0 Å². The monoisotopic (exact) mass is 223 g/mol. The molecular weight excluding hydrogens is 206 g/mol. The Balaban J connectivity index is 2.51. The molecular formula is C12H17NO3. The summed E-state index contributed by atoms with van der Waals surface area (Å²) >= 11 is 0. The van der Waals surface area contributed by atoms with Gasteiger partial charge >= 0.3 is 5.97 Å². The van der Waals surface area contributed by atoms with Crippen LogP contribution in [-0.4, -0.2) is 23.0 Å². The first-order chi connectivity index (χ1) is 7.54. The average molecular weight is 223 g/mol. The molecule has 0 heterocycles. The Hall–Kier alpha value is -1.50. The van der Waals surface area contributed by atoms with E-state index in [1.807, 2.05) is 0 Å². The van der Waals surface area contributed by atoms with Gasteiger partial charge in [-0.3, -0.25) is 9.59 Å². The quantitative estimate of drug-likeness (QED) is 0.702. The second kappa shape index (κ2) is 5.55. The van der Waals surface area contributed by atoms with Crippen LogP contribution in [0.2, 0.25) is 0 Å². The van der Waals surface area contributed by atoms with E-state index in [0.29, 0.717) is 12.8 Å². The molecule has 4 heteroatoms. The maximum absolute atomic E-state index is 11.7. The molecule has 2 N–H and O–H groups in total. The number of carbonyl (C=O) groups excluding carboxylic acids is 1. The molecule has 1 fully saturated rings. The van der Waals surface area contributed by atoms with Gasteiger partial charge in [-0.2, -0.15) is 0 Å². The highest BCUT2D eigenvalue weighted by Crippen LogP contribution is 2.29. The number of rotatable bonds is 3. The molecule has 1 aliphatic carbocycles. The van der Waals surface area contributed by atoms with Crippen molar-refractivity contribution in [1.29, 1.82) is 0 Å². The number of hydrogen-bond donors (Lipinski definition) is 2. The first kappa shape index (κ1) is 12.6. The average Bonchev–Trinajstić information content (AvgIpc) is 2.28. The normalized spacial score (nSPS) is 26.5. The Morgan fingerprint density at radius 3 is 2.62 bits per heavy atom. The number of carboxylic acid groups (broad SMARTS) is 1. The van der Waals surface area contributed by atoms with Crippen LogP contribution in [0.25, 0.3) is 0 Å². The third-order valence-corrected chi connectivity index (χ3v) is 3.00. The van der Waals surface area contributed by atoms with Crippen LogP contribution in [0.1, 0.15) is 32.6 Å². The number of carboxylic acids is 1. The van der Waals surface area contributed by atoms with E-state index >= 15 is 0 Å². The van der Waals surface area contributed by atoms with Crippen molar-refractivity contribution in [1.82, 2.24) is 5.32 Å². The van der Waals surface area contributed by atoms with Crippen LogP contribution in [0.4, 0.5) is 0 Å². The molecule has 1 saturated carbocycles. The number of carbonyl (C=O) groups is 2. The summed E-state index contributed by atoms with van der Waals surface area (Å²) in [6.45, 7) is 1.73. The number of hydrogen-bond acceptors (Lipinski definition) is 2. The van der Waals surface area contributed by atoms with Crippen LogP contribution in [0.5, 0.6) is 0 Å². The van der Waals surface area contributed by atoms with Crippen molar-refractivity contribution < 1.29 is 14.7 Å². The molecule has 1 aliphatic rings. The van der Waals surface area contributed by atoms with Crippen molar-refractivity contribution in [2.75, 3.05) is 0 Å². The van der Waals surface area contributed by atoms with Gasteiger partial charge in [0.2, 0.25) is 5.91 Å². The van der Waals surface area contributed by atoms with E-state index in [4.69, 9.17) is 11.5 Å². The lowest BCUT2D eigenvalue weighted by atomic mass is 9.81. The van der Waals surface area contributed by atoms with E-state index in [0.717, 1.165) is 12.8 Å². The van der Waals surface area contributed by atoms with Crippen LogP contribution >= 0.6 is 0 Å². The number of amides is 1. The minimum Gasteiger partial charge on any atom is -0.481 e. The van der Waals surface area contributed by atoms with Crippen LogP contribution in [-0.2, 0) is 9.59 Å². The molecule has 0 saturated heterocycles. The summed E-state index contributed by atoms with van der Waals surface area (Å²) in [6.07, 6.45) is 7.81. The van der Waals surface area contributed by atoms with Gasteiger partial charge < -0.3 is 10.4 Å². The van der Waals surface area contributed by atoms with Crippen LogP contribution in [0.3, 0.4) is 0 Å². The summed E-state index contributed by atoms with van der Waals surface area (Å²) in [5.41, 5.74) is 0. The third-order valence-electron chi connectivity index (χ3n) is 3.00. The van der Waals surface area contributed by atoms with E-state index in [-0.39, 0.29) is 23.8 Å². The van der Waals surface area contributed by atoms with E-state index in [2.05, 4.69) is 11.2 Å². The molecule has 3 unspecified atom stereocenters. The molecule has 88 valence electrons. The Kier molecular flexibility index (Phi) is 4.36. The second-order valence-corrected chi connectivity index (χ2v) is 4.30. The van der Waals surface area contributed by atoms with Crippen LogP contribution in [0.15, 0.2) is 0 Å². The highest BCUT2D eigenvalue weighted by atomic mass is 16.4. The summed E-state index contributed by atoms with van der Waals surface area (Å²) in [5.74, 6) is 0.916. The van der Waals surface area contributed by atoms with Gasteiger partial charge in [-0.1, -0.05) is 12.3 Å². The smallest absolute Gasteiger partial charge is 0.306 e. The van der Waals surface area contributed by atoms with Gasteiger partial charge in [0.1, 0.15) is 0 Å². The van der Waals surface area contributed by atoms with Gasteiger partial charge in [-0.15, -0.1) is 6.42 Å². The predicted molar refractivity (Wildman–Crippen MR) is 59.5 cm³/mol. The van der Waals surface area contributed by atoms with Gasteiger partial charge in [-0.25, -0.2) is 0 Å². The fraction of sp³-hybridized carbons (Fsp3) is 0.667. The van der Waals surface area contributed by atoms with Gasteiger partial charge in [0.05, 0.1) is 12.0 Å². The molecule has 3 atom stereocenters. The zero-order chi connectivity index (χ0) is 12.1. The van der Waals surface area contributed by atoms with E-state index in [9.17, 15) is 9.59 Å². The van der Waals surface area contributed by atoms with E-state index in [1.165, 1.54) is 0 Å². The second-order valence-electron chi connectivity index (χ2n) is 4.30. The Morgan fingerprint density at radius 2 is 2.06 bits per heavy atom. The van der Waals surface area contributed by atoms with Gasteiger partial charge in [-0.05, 0) is 26.2 Å². The standard InChI is InChI=1S/C12H17NO3/c1-3-8(2)13-11(14)9-5-4-6-10(7-9)12(15)16/h1,8-10H,4-7H2,2H3,(H,13,14)(H,15,16). The van der Waals surface area contributed by atoms with Crippen molar-refractivity contribution in [2.24, 2.45) is 11.8 Å². The summed E-state index contributed by atoms with van der Waals surface area (Å²) < 4.78 is 0. The number of terminal acetylenes is 1. The Bertz CT molecular complexity index is 319. The zero-order valence-electron chi connectivity index (χ0n) is 9.40. The minimum absolute atomic E-state index is 0.114. The molecule has 16 heavy (non-hydrogen) atoms. The van der Waals surface area contributed by atoms with Crippen molar-refractivity contribution in [2.45, 2.75) is 38.6 Å². The van der Waals surface area contributed by atoms with Gasteiger partial charge in [0.25, 0.3) is 0 Å². The number of aliphatic carboxylic acids is 1. The van der Waals surface area contributed by atoms with Crippen molar-refractivity contribution >= 4 is 11.9 Å². The lowest BCUT2D eigenvalue weighted by Crippen LogP contribution is -2.39.